The summed E-state index contributed by atoms with van der Waals surface area (Å²) in [6.07, 6.45) is -2.04. The van der Waals surface area contributed by atoms with Gasteiger partial charge < -0.3 is 14.9 Å². The third-order valence-electron chi connectivity index (χ3n) is 2.02. The smallest absolute Gasteiger partial charge is 0.308 e. The van der Waals surface area contributed by atoms with E-state index in [1.54, 1.807) is 12.1 Å². The molecular formula is C10H12O5S. The van der Waals surface area contributed by atoms with Crippen LogP contribution < -0.4 is 0 Å². The SMILES string of the molecule is COC(=O)CC(O)C(O)c1ccc(C=O)s1. The molecule has 2 N–H and O–H groups in total. The summed E-state index contributed by atoms with van der Waals surface area (Å²) in [4.78, 5) is 22.2. The first kappa shape index (κ1) is 12.8. The third-order valence-corrected chi connectivity index (χ3v) is 3.10. The highest BCUT2D eigenvalue weighted by Crippen LogP contribution is 2.26. The molecule has 1 rings (SSSR count). The molecule has 0 amide bonds. The molecule has 0 aliphatic carbocycles. The van der Waals surface area contributed by atoms with E-state index in [-0.39, 0.29) is 6.42 Å². The van der Waals surface area contributed by atoms with Gasteiger partial charge in [-0.1, -0.05) is 0 Å². The van der Waals surface area contributed by atoms with E-state index in [9.17, 15) is 19.8 Å². The molecular weight excluding hydrogens is 232 g/mol. The number of esters is 1. The Morgan fingerprint density at radius 1 is 1.56 bits per heavy atom. The van der Waals surface area contributed by atoms with Gasteiger partial charge in [-0.05, 0) is 12.1 Å². The third kappa shape index (κ3) is 3.13. The summed E-state index contributed by atoms with van der Waals surface area (Å²) < 4.78 is 4.37. The number of aldehydes is 1. The number of aliphatic hydroxyl groups excluding tert-OH is 2. The Morgan fingerprint density at radius 2 is 2.25 bits per heavy atom. The standard InChI is InChI=1S/C10H12O5S/c1-15-9(13)4-7(12)10(14)8-3-2-6(5-11)16-8/h2-3,5,7,10,12,14H,4H2,1H3. The van der Waals surface area contributed by atoms with E-state index in [1.165, 1.54) is 7.11 Å². The minimum atomic E-state index is -1.23. The Balaban J connectivity index is 2.65. The zero-order chi connectivity index (χ0) is 12.1. The largest absolute Gasteiger partial charge is 0.469 e. The number of thiophene rings is 1. The normalized spacial score (nSPS) is 14.2. The van der Waals surface area contributed by atoms with Crippen LogP contribution in [-0.2, 0) is 9.53 Å². The summed E-state index contributed by atoms with van der Waals surface area (Å²) in [5.74, 6) is -0.598. The summed E-state index contributed by atoms with van der Waals surface area (Å²) in [5, 5.41) is 19.2. The molecule has 0 aliphatic heterocycles. The van der Waals surface area contributed by atoms with Gasteiger partial charge in [0, 0.05) is 4.88 Å². The fraction of sp³-hybridized carbons (Fsp3) is 0.400. The van der Waals surface area contributed by atoms with E-state index < -0.39 is 18.2 Å². The molecule has 1 aromatic heterocycles. The van der Waals surface area contributed by atoms with Crippen LogP contribution in [0.1, 0.15) is 27.1 Å². The summed E-state index contributed by atoms with van der Waals surface area (Å²) in [5.41, 5.74) is 0. The first-order chi connectivity index (χ1) is 7.58. The van der Waals surface area contributed by atoms with Crippen LogP contribution in [0.2, 0.25) is 0 Å². The molecule has 6 heteroatoms. The Morgan fingerprint density at radius 3 is 2.75 bits per heavy atom. The lowest BCUT2D eigenvalue weighted by molar-refractivity contribution is -0.144. The Hall–Kier alpha value is -1.24. The van der Waals surface area contributed by atoms with Crippen LogP contribution in [0.25, 0.3) is 0 Å². The van der Waals surface area contributed by atoms with Gasteiger partial charge in [0.2, 0.25) is 0 Å². The quantitative estimate of drug-likeness (QED) is 0.582. The van der Waals surface area contributed by atoms with E-state index in [4.69, 9.17) is 0 Å². The summed E-state index contributed by atoms with van der Waals surface area (Å²) in [6.45, 7) is 0. The number of carbonyl (C=O) groups is 2. The summed E-state index contributed by atoms with van der Waals surface area (Å²) >= 11 is 1.07. The van der Waals surface area contributed by atoms with Gasteiger partial charge in [0.05, 0.1) is 24.5 Å². The van der Waals surface area contributed by atoms with Crippen LogP contribution in [0, 0.1) is 0 Å². The second-order valence-corrected chi connectivity index (χ2v) is 4.30. The van der Waals surface area contributed by atoms with Crippen molar-refractivity contribution < 1.29 is 24.5 Å². The van der Waals surface area contributed by atoms with Gasteiger partial charge in [-0.15, -0.1) is 11.3 Å². The lowest BCUT2D eigenvalue weighted by Gasteiger charge is -2.14. The number of aliphatic hydroxyl groups is 2. The number of ether oxygens (including phenoxy) is 1. The van der Waals surface area contributed by atoms with Crippen molar-refractivity contribution in [1.82, 2.24) is 0 Å². The molecule has 1 aromatic rings. The average molecular weight is 244 g/mol. The van der Waals surface area contributed by atoms with E-state index >= 15 is 0 Å². The number of hydrogen-bond donors (Lipinski definition) is 2. The van der Waals surface area contributed by atoms with Crippen molar-refractivity contribution in [2.45, 2.75) is 18.6 Å². The average Bonchev–Trinajstić information content (AvgIpc) is 2.76. The molecule has 1 heterocycles. The molecule has 0 saturated heterocycles. The molecule has 0 aliphatic rings. The monoisotopic (exact) mass is 244 g/mol. The summed E-state index contributed by atoms with van der Waals surface area (Å²) in [7, 11) is 1.21. The minimum absolute atomic E-state index is 0.286. The van der Waals surface area contributed by atoms with Crippen molar-refractivity contribution in [3.63, 3.8) is 0 Å². The Kier molecular flexibility index (Phi) is 4.60. The van der Waals surface area contributed by atoms with Gasteiger partial charge in [0.1, 0.15) is 6.10 Å². The van der Waals surface area contributed by atoms with Crippen LogP contribution >= 0.6 is 11.3 Å². The highest BCUT2D eigenvalue weighted by molar-refractivity contribution is 7.13. The predicted octanol–water partition coefficient (Wildman–Crippen LogP) is 0.518. The number of hydrogen-bond acceptors (Lipinski definition) is 6. The first-order valence-corrected chi connectivity index (χ1v) is 5.38. The molecule has 88 valence electrons. The van der Waals surface area contributed by atoms with Crippen molar-refractivity contribution >= 4 is 23.6 Å². The molecule has 2 unspecified atom stereocenters. The fourth-order valence-electron chi connectivity index (χ4n) is 1.15. The Labute approximate surface area is 96.3 Å². The van der Waals surface area contributed by atoms with Gasteiger partial charge in [0.15, 0.2) is 6.29 Å². The molecule has 5 nitrogen and oxygen atoms in total. The van der Waals surface area contributed by atoms with Crippen LogP contribution in [0.3, 0.4) is 0 Å². The summed E-state index contributed by atoms with van der Waals surface area (Å²) in [6, 6.07) is 3.08. The maximum atomic E-state index is 10.9. The zero-order valence-electron chi connectivity index (χ0n) is 8.62. The van der Waals surface area contributed by atoms with Crippen molar-refractivity contribution in [2.75, 3.05) is 7.11 Å². The number of methoxy groups -OCH3 is 1. The van der Waals surface area contributed by atoms with E-state index in [0.717, 1.165) is 11.3 Å². The second-order valence-electron chi connectivity index (χ2n) is 3.15. The van der Waals surface area contributed by atoms with Gasteiger partial charge in [0.25, 0.3) is 0 Å². The predicted molar refractivity (Wildman–Crippen MR) is 57.3 cm³/mol. The molecule has 0 saturated carbocycles. The van der Waals surface area contributed by atoms with Gasteiger partial charge in [-0.3, -0.25) is 9.59 Å². The van der Waals surface area contributed by atoms with Crippen molar-refractivity contribution in [3.05, 3.63) is 21.9 Å². The minimum Gasteiger partial charge on any atom is -0.469 e. The Bertz CT molecular complexity index is 373. The molecule has 2 atom stereocenters. The maximum absolute atomic E-state index is 10.9. The van der Waals surface area contributed by atoms with E-state index in [1.807, 2.05) is 0 Å². The van der Waals surface area contributed by atoms with Crippen molar-refractivity contribution in [2.24, 2.45) is 0 Å². The van der Waals surface area contributed by atoms with Crippen molar-refractivity contribution in [1.29, 1.82) is 0 Å². The van der Waals surface area contributed by atoms with E-state index in [0.29, 0.717) is 16.0 Å². The lowest BCUT2D eigenvalue weighted by atomic mass is 10.1. The molecule has 16 heavy (non-hydrogen) atoms. The number of carbonyl (C=O) groups excluding carboxylic acids is 2. The highest BCUT2D eigenvalue weighted by atomic mass is 32.1. The van der Waals surface area contributed by atoms with E-state index in [2.05, 4.69) is 4.74 Å². The molecule has 0 bridgehead atoms. The van der Waals surface area contributed by atoms with Crippen molar-refractivity contribution in [3.8, 4) is 0 Å². The first-order valence-electron chi connectivity index (χ1n) is 4.56. The lowest BCUT2D eigenvalue weighted by Crippen LogP contribution is -2.21. The zero-order valence-corrected chi connectivity index (χ0v) is 9.44. The van der Waals surface area contributed by atoms with Gasteiger partial charge in [-0.2, -0.15) is 0 Å². The maximum Gasteiger partial charge on any atom is 0.308 e. The van der Waals surface area contributed by atoms with Crippen LogP contribution in [-0.4, -0.2) is 35.7 Å². The highest BCUT2D eigenvalue weighted by Gasteiger charge is 2.23. The molecule has 0 spiro atoms. The second kappa shape index (κ2) is 5.74. The van der Waals surface area contributed by atoms with Crippen LogP contribution in [0.4, 0.5) is 0 Å². The van der Waals surface area contributed by atoms with Crippen LogP contribution in [0.15, 0.2) is 12.1 Å². The van der Waals surface area contributed by atoms with Gasteiger partial charge in [-0.25, -0.2) is 0 Å². The fourth-order valence-corrected chi connectivity index (χ4v) is 2.02. The molecule has 0 radical (unpaired) electrons. The topological polar surface area (TPSA) is 83.8 Å². The van der Waals surface area contributed by atoms with Gasteiger partial charge >= 0.3 is 5.97 Å². The molecule has 0 fully saturated rings. The molecule has 0 aromatic carbocycles. The van der Waals surface area contributed by atoms with Crippen LogP contribution in [0.5, 0.6) is 0 Å². The number of rotatable bonds is 5.